The largest absolute Gasteiger partial charge is 0.477 e. The molecule has 2 aliphatic heterocycles. The predicted octanol–water partition coefficient (Wildman–Crippen LogP) is 4.26. The molecule has 194 valence electrons. The van der Waals surface area contributed by atoms with Crippen molar-refractivity contribution in [3.63, 3.8) is 0 Å². The minimum Gasteiger partial charge on any atom is -0.477 e. The minimum atomic E-state index is -1.34. The Morgan fingerprint density at radius 3 is 2.84 bits per heavy atom. The van der Waals surface area contributed by atoms with Gasteiger partial charge in [0.1, 0.15) is 17.2 Å². The summed E-state index contributed by atoms with van der Waals surface area (Å²) in [7, 11) is 0. The minimum absolute atomic E-state index is 0.0153. The normalized spacial score (nSPS) is 16.7. The zero-order valence-corrected chi connectivity index (χ0v) is 21.4. The molecule has 38 heavy (non-hydrogen) atoms. The Labute approximate surface area is 226 Å². The van der Waals surface area contributed by atoms with Gasteiger partial charge in [0.15, 0.2) is 5.82 Å². The molecule has 0 amide bonds. The molecule has 0 unspecified atom stereocenters. The summed E-state index contributed by atoms with van der Waals surface area (Å²) in [5.74, 6) is -0.603. The Morgan fingerprint density at radius 1 is 1.18 bits per heavy atom. The summed E-state index contributed by atoms with van der Waals surface area (Å²) in [5.41, 5.74) is 1.55. The van der Waals surface area contributed by atoms with E-state index in [4.69, 9.17) is 32.7 Å². The lowest BCUT2D eigenvalue weighted by molar-refractivity contribution is 0.0695. The SMILES string of the molecule is O=C(O)c1cn(-c2cnc3c(n2)COC3)c2cc(N3CCC[C@@H]3COc3ncccc3Cl)c(Cl)cc2c1=O. The number of pyridine rings is 2. The number of halogens is 2. The Morgan fingerprint density at radius 2 is 2.03 bits per heavy atom. The van der Waals surface area contributed by atoms with Crippen molar-refractivity contribution in [1.29, 1.82) is 0 Å². The molecular weight excluding hydrogens is 533 g/mol. The first-order valence-electron chi connectivity index (χ1n) is 12.0. The van der Waals surface area contributed by atoms with Crippen molar-refractivity contribution >= 4 is 45.8 Å². The van der Waals surface area contributed by atoms with Crippen molar-refractivity contribution in [2.45, 2.75) is 32.1 Å². The first-order chi connectivity index (χ1) is 18.4. The fraction of sp³-hybridized carbons (Fsp3) is 0.269. The fourth-order valence-corrected chi connectivity index (χ4v) is 5.36. The number of aromatic nitrogens is 4. The van der Waals surface area contributed by atoms with Crippen molar-refractivity contribution in [3.05, 3.63) is 80.1 Å². The highest BCUT2D eigenvalue weighted by atomic mass is 35.5. The maximum absolute atomic E-state index is 13.1. The summed E-state index contributed by atoms with van der Waals surface area (Å²) in [6.45, 7) is 1.75. The molecule has 4 aromatic rings. The molecule has 0 aliphatic carbocycles. The molecule has 10 nitrogen and oxygen atoms in total. The monoisotopic (exact) mass is 553 g/mol. The van der Waals surface area contributed by atoms with Crippen molar-refractivity contribution in [1.82, 2.24) is 19.5 Å². The van der Waals surface area contributed by atoms with Gasteiger partial charge < -0.3 is 19.5 Å². The molecule has 12 heteroatoms. The average Bonchev–Trinajstić information content (AvgIpc) is 3.57. The van der Waals surface area contributed by atoms with Gasteiger partial charge in [0.25, 0.3) is 0 Å². The van der Waals surface area contributed by atoms with E-state index in [0.717, 1.165) is 25.1 Å². The van der Waals surface area contributed by atoms with Crippen LogP contribution in [0.3, 0.4) is 0 Å². The van der Waals surface area contributed by atoms with Crippen LogP contribution in [0.15, 0.2) is 47.7 Å². The zero-order chi connectivity index (χ0) is 26.4. The lowest BCUT2D eigenvalue weighted by Crippen LogP contribution is -2.34. The summed E-state index contributed by atoms with van der Waals surface area (Å²) >= 11 is 12.9. The highest BCUT2D eigenvalue weighted by molar-refractivity contribution is 6.34. The number of carboxylic acid groups (broad SMARTS) is 1. The van der Waals surface area contributed by atoms with Gasteiger partial charge in [-0.3, -0.25) is 14.3 Å². The molecule has 6 rings (SSSR count). The van der Waals surface area contributed by atoms with E-state index in [1.165, 1.54) is 12.3 Å². The van der Waals surface area contributed by atoms with Crippen LogP contribution in [0.1, 0.15) is 34.6 Å². The molecule has 0 radical (unpaired) electrons. The van der Waals surface area contributed by atoms with Crippen molar-refractivity contribution in [3.8, 4) is 11.7 Å². The summed E-state index contributed by atoms with van der Waals surface area (Å²) in [6, 6.07) is 6.75. The van der Waals surface area contributed by atoms with E-state index in [1.807, 2.05) is 0 Å². The number of ether oxygens (including phenoxy) is 2. The Kier molecular flexibility index (Phi) is 6.38. The molecule has 1 fully saturated rings. The quantitative estimate of drug-likeness (QED) is 0.373. The first-order valence-corrected chi connectivity index (χ1v) is 12.7. The molecule has 3 aromatic heterocycles. The number of nitrogens with zero attached hydrogens (tertiary/aromatic N) is 5. The number of hydrogen-bond acceptors (Lipinski definition) is 8. The Balaban J connectivity index is 1.44. The van der Waals surface area contributed by atoms with Crippen LogP contribution >= 0.6 is 23.2 Å². The van der Waals surface area contributed by atoms with Gasteiger partial charge in [-0.25, -0.2) is 14.8 Å². The van der Waals surface area contributed by atoms with Gasteiger partial charge in [0, 0.05) is 24.3 Å². The smallest absolute Gasteiger partial charge is 0.341 e. The molecule has 1 aromatic carbocycles. The third kappa shape index (κ3) is 4.34. The van der Waals surface area contributed by atoms with Gasteiger partial charge in [-0.15, -0.1) is 0 Å². The van der Waals surface area contributed by atoms with Crippen LogP contribution < -0.4 is 15.1 Å². The third-order valence-electron chi connectivity index (χ3n) is 6.77. The summed E-state index contributed by atoms with van der Waals surface area (Å²) in [6.07, 6.45) is 6.22. The molecule has 0 bridgehead atoms. The van der Waals surface area contributed by atoms with E-state index >= 15 is 0 Å². The van der Waals surface area contributed by atoms with E-state index in [2.05, 4.69) is 19.9 Å². The highest BCUT2D eigenvalue weighted by Gasteiger charge is 2.29. The van der Waals surface area contributed by atoms with E-state index in [-0.39, 0.29) is 17.0 Å². The Bertz CT molecular complexity index is 1640. The van der Waals surface area contributed by atoms with Crippen LogP contribution in [0.2, 0.25) is 10.0 Å². The van der Waals surface area contributed by atoms with Crippen molar-refractivity contribution in [2.75, 3.05) is 18.1 Å². The third-order valence-corrected chi connectivity index (χ3v) is 7.36. The highest BCUT2D eigenvalue weighted by Crippen LogP contribution is 2.36. The number of carboxylic acids is 1. The molecule has 1 N–H and O–H groups in total. The van der Waals surface area contributed by atoms with E-state index in [0.29, 0.717) is 58.5 Å². The maximum atomic E-state index is 13.1. The predicted molar refractivity (Wildman–Crippen MR) is 141 cm³/mol. The Hall–Kier alpha value is -3.73. The number of anilines is 1. The second-order valence-electron chi connectivity index (χ2n) is 9.07. The van der Waals surface area contributed by atoms with Gasteiger partial charge in [-0.05, 0) is 37.1 Å². The number of aromatic carboxylic acids is 1. The molecule has 1 saturated heterocycles. The van der Waals surface area contributed by atoms with Crippen molar-refractivity contribution < 1.29 is 19.4 Å². The van der Waals surface area contributed by atoms with Crippen molar-refractivity contribution in [2.24, 2.45) is 0 Å². The number of carbonyl (C=O) groups is 1. The van der Waals surface area contributed by atoms with E-state index < -0.39 is 11.4 Å². The van der Waals surface area contributed by atoms with Crippen LogP contribution in [0.5, 0.6) is 5.88 Å². The molecule has 2 aliphatic rings. The average molecular weight is 554 g/mol. The molecule has 0 saturated carbocycles. The first kappa shape index (κ1) is 24.6. The summed E-state index contributed by atoms with van der Waals surface area (Å²) in [5, 5.41) is 10.7. The van der Waals surface area contributed by atoms with Gasteiger partial charge in [-0.2, -0.15) is 0 Å². The van der Waals surface area contributed by atoms with Gasteiger partial charge in [-0.1, -0.05) is 23.2 Å². The number of benzene rings is 1. The summed E-state index contributed by atoms with van der Waals surface area (Å²) < 4.78 is 12.9. The number of hydrogen-bond donors (Lipinski definition) is 1. The number of rotatable bonds is 6. The topological polar surface area (TPSA) is 120 Å². The zero-order valence-electron chi connectivity index (χ0n) is 19.9. The van der Waals surface area contributed by atoms with E-state index in [9.17, 15) is 14.7 Å². The van der Waals surface area contributed by atoms with Crippen LogP contribution in [-0.2, 0) is 18.0 Å². The lowest BCUT2D eigenvalue weighted by Gasteiger charge is -2.28. The molecule has 0 spiro atoms. The second kappa shape index (κ2) is 9.86. The molecular formula is C26H21Cl2N5O5. The van der Waals surface area contributed by atoms with Crippen LogP contribution in [0, 0.1) is 0 Å². The van der Waals surface area contributed by atoms with Crippen LogP contribution in [0.25, 0.3) is 16.7 Å². The molecule has 1 atom stereocenters. The van der Waals surface area contributed by atoms with Gasteiger partial charge in [0.05, 0.1) is 53.1 Å². The number of fused-ring (bicyclic) bond motifs is 2. The van der Waals surface area contributed by atoms with E-state index in [1.54, 1.807) is 35.2 Å². The summed E-state index contributed by atoms with van der Waals surface area (Å²) in [4.78, 5) is 40.4. The van der Waals surface area contributed by atoms with Crippen LogP contribution in [0.4, 0.5) is 5.69 Å². The maximum Gasteiger partial charge on any atom is 0.341 e. The fourth-order valence-electron chi connectivity index (χ4n) is 4.91. The van der Waals surface area contributed by atoms with Gasteiger partial charge >= 0.3 is 5.97 Å². The lowest BCUT2D eigenvalue weighted by atomic mass is 10.1. The van der Waals surface area contributed by atoms with Gasteiger partial charge in [0.2, 0.25) is 11.3 Å². The second-order valence-corrected chi connectivity index (χ2v) is 9.89. The standard InChI is InChI=1S/C26H21Cl2N5O5/c27-17-4-1-5-29-25(17)38-11-14-3-2-6-32(14)22-8-21-15(7-18(22)28)24(34)16(26(35)36)10-33(21)23-9-30-19-12-37-13-20(19)31-23/h1,4-5,7-10,14H,2-3,6,11-13H2,(H,35,36)/t14-/m1/s1. The molecule has 5 heterocycles. The van der Waals surface area contributed by atoms with Crippen LogP contribution in [-0.4, -0.2) is 49.8 Å².